The van der Waals surface area contributed by atoms with Gasteiger partial charge >= 0.3 is 0 Å². The molecule has 5 aromatic carbocycles. The van der Waals surface area contributed by atoms with Gasteiger partial charge in [-0.1, -0.05) is 90.5 Å². The van der Waals surface area contributed by atoms with Crippen LogP contribution in [0.15, 0.2) is 121 Å². The van der Waals surface area contributed by atoms with E-state index >= 15 is 4.39 Å². The zero-order valence-corrected chi connectivity index (χ0v) is 21.2. The molecular weight excluding hydrogens is 483 g/mol. The Morgan fingerprint density at radius 3 is 1.69 bits per heavy atom. The molecule has 0 saturated carbocycles. The van der Waals surface area contributed by atoms with E-state index in [9.17, 15) is 0 Å². The highest BCUT2D eigenvalue weighted by Gasteiger charge is 2.18. The number of rotatable bonds is 4. The van der Waals surface area contributed by atoms with Gasteiger partial charge in [0.1, 0.15) is 5.82 Å². The average molecular weight is 507 g/mol. The molecule has 0 bridgehead atoms. The Morgan fingerprint density at radius 1 is 0.513 bits per heavy atom. The molecular formula is C34H23FN4. The zero-order chi connectivity index (χ0) is 26.3. The number of hydrogen-bond donors (Lipinski definition) is 0. The fraction of sp³-hybridized carbons (Fsp3) is 0.0294. The average Bonchev–Trinajstić information content (AvgIpc) is 3.32. The van der Waals surface area contributed by atoms with Crippen LogP contribution >= 0.6 is 0 Å². The first-order valence-corrected chi connectivity index (χ1v) is 12.8. The van der Waals surface area contributed by atoms with Crippen molar-refractivity contribution in [3.8, 4) is 39.9 Å². The molecule has 0 spiro atoms. The lowest BCUT2D eigenvalue weighted by Gasteiger charge is -2.12. The summed E-state index contributed by atoms with van der Waals surface area (Å²) >= 11 is 0. The van der Waals surface area contributed by atoms with Gasteiger partial charge in [0.15, 0.2) is 17.5 Å². The minimum absolute atomic E-state index is 0.318. The standard InChI is InChI=1S/C34H23FN4/c1-22-10-9-13-24(20-22)33-36-32(23-11-3-2-4-12-23)37-34(38-33)25-18-19-28(35)31(21-25)39-29-16-7-5-14-26(29)27-15-6-8-17-30(27)39/h2-21H,1H3. The predicted octanol–water partition coefficient (Wildman–Crippen LogP) is 8.42. The van der Waals surface area contributed by atoms with Crippen LogP contribution in [0.5, 0.6) is 0 Å². The number of aromatic nitrogens is 4. The Bertz CT molecular complexity index is 1940. The highest BCUT2D eigenvalue weighted by molar-refractivity contribution is 6.09. The van der Waals surface area contributed by atoms with Crippen molar-refractivity contribution >= 4 is 21.8 Å². The van der Waals surface area contributed by atoms with Crippen LogP contribution in [0.1, 0.15) is 5.56 Å². The van der Waals surface area contributed by atoms with E-state index in [1.165, 1.54) is 6.07 Å². The summed E-state index contributed by atoms with van der Waals surface area (Å²) in [6.07, 6.45) is 0. The smallest absolute Gasteiger partial charge is 0.164 e. The Labute approximate surface area is 225 Å². The van der Waals surface area contributed by atoms with Crippen LogP contribution in [0, 0.1) is 12.7 Å². The first-order chi connectivity index (χ1) is 19.2. The van der Waals surface area contributed by atoms with Crippen molar-refractivity contribution in [1.29, 1.82) is 0 Å². The van der Waals surface area contributed by atoms with Gasteiger partial charge in [-0.2, -0.15) is 0 Å². The molecule has 39 heavy (non-hydrogen) atoms. The van der Waals surface area contributed by atoms with Gasteiger partial charge in [-0.15, -0.1) is 0 Å². The molecule has 2 aromatic heterocycles. The summed E-state index contributed by atoms with van der Waals surface area (Å²) in [6, 6.07) is 39.2. The minimum atomic E-state index is -0.318. The second-order valence-corrected chi connectivity index (χ2v) is 9.58. The van der Waals surface area contributed by atoms with Crippen molar-refractivity contribution in [2.75, 3.05) is 0 Å². The van der Waals surface area contributed by atoms with Crippen LogP contribution in [-0.4, -0.2) is 19.5 Å². The molecule has 0 unspecified atom stereocenters. The molecule has 0 aliphatic rings. The van der Waals surface area contributed by atoms with E-state index in [0.717, 1.165) is 38.5 Å². The lowest BCUT2D eigenvalue weighted by atomic mass is 10.1. The number of nitrogens with zero attached hydrogens (tertiary/aromatic N) is 4. The third-order valence-corrected chi connectivity index (χ3v) is 6.97. The Kier molecular flexibility index (Phi) is 5.48. The van der Waals surface area contributed by atoms with E-state index < -0.39 is 0 Å². The Hall–Kier alpha value is -5.16. The van der Waals surface area contributed by atoms with Gasteiger partial charge in [-0.05, 0) is 43.3 Å². The van der Waals surface area contributed by atoms with E-state index in [0.29, 0.717) is 28.7 Å². The van der Waals surface area contributed by atoms with Gasteiger partial charge in [0.2, 0.25) is 0 Å². The molecule has 0 aliphatic heterocycles. The van der Waals surface area contributed by atoms with Crippen molar-refractivity contribution in [2.45, 2.75) is 6.92 Å². The molecule has 0 aliphatic carbocycles. The second-order valence-electron chi connectivity index (χ2n) is 9.58. The molecule has 0 atom stereocenters. The van der Waals surface area contributed by atoms with Gasteiger partial charge < -0.3 is 4.57 Å². The van der Waals surface area contributed by atoms with Gasteiger partial charge in [0, 0.05) is 27.5 Å². The lowest BCUT2D eigenvalue weighted by molar-refractivity contribution is 0.621. The van der Waals surface area contributed by atoms with Crippen LogP contribution in [0.2, 0.25) is 0 Å². The first-order valence-electron chi connectivity index (χ1n) is 12.8. The summed E-state index contributed by atoms with van der Waals surface area (Å²) in [5.41, 5.74) is 5.95. The number of benzene rings is 5. The molecule has 7 aromatic rings. The Morgan fingerprint density at radius 2 is 1.05 bits per heavy atom. The number of hydrogen-bond acceptors (Lipinski definition) is 3. The van der Waals surface area contributed by atoms with Gasteiger partial charge in [-0.3, -0.25) is 0 Å². The molecule has 0 amide bonds. The lowest BCUT2D eigenvalue weighted by Crippen LogP contribution is -2.02. The quantitative estimate of drug-likeness (QED) is 0.241. The van der Waals surface area contributed by atoms with Crippen molar-refractivity contribution < 1.29 is 4.39 Å². The van der Waals surface area contributed by atoms with E-state index in [-0.39, 0.29) is 5.82 Å². The molecule has 5 heteroatoms. The van der Waals surface area contributed by atoms with E-state index in [4.69, 9.17) is 15.0 Å². The number of para-hydroxylation sites is 2. The monoisotopic (exact) mass is 506 g/mol. The summed E-state index contributed by atoms with van der Waals surface area (Å²) in [6.45, 7) is 2.04. The van der Waals surface area contributed by atoms with Gasteiger partial charge in [-0.25, -0.2) is 19.3 Å². The largest absolute Gasteiger partial charge is 0.306 e. The third-order valence-electron chi connectivity index (χ3n) is 6.97. The van der Waals surface area contributed by atoms with Crippen molar-refractivity contribution in [2.24, 2.45) is 0 Å². The first kappa shape index (κ1) is 23.0. The summed E-state index contributed by atoms with van der Waals surface area (Å²) in [4.78, 5) is 14.5. The molecule has 0 saturated heterocycles. The molecule has 7 rings (SSSR count). The van der Waals surface area contributed by atoms with Crippen molar-refractivity contribution in [1.82, 2.24) is 19.5 Å². The zero-order valence-electron chi connectivity index (χ0n) is 21.2. The Balaban J connectivity index is 1.46. The number of halogens is 1. The third kappa shape index (κ3) is 4.05. The van der Waals surface area contributed by atoms with Crippen LogP contribution in [0.25, 0.3) is 61.7 Å². The normalized spacial score (nSPS) is 11.3. The fourth-order valence-corrected chi connectivity index (χ4v) is 5.14. The fourth-order valence-electron chi connectivity index (χ4n) is 5.14. The predicted molar refractivity (Wildman–Crippen MR) is 155 cm³/mol. The maximum absolute atomic E-state index is 15.6. The second kappa shape index (κ2) is 9.30. The van der Waals surface area contributed by atoms with Crippen LogP contribution in [0.3, 0.4) is 0 Å². The summed E-state index contributed by atoms with van der Waals surface area (Å²) in [5, 5.41) is 2.15. The molecule has 0 N–H and O–H groups in total. The van der Waals surface area contributed by atoms with E-state index in [2.05, 4.69) is 18.2 Å². The molecule has 4 nitrogen and oxygen atoms in total. The summed E-state index contributed by atoms with van der Waals surface area (Å²) < 4.78 is 17.5. The maximum atomic E-state index is 15.6. The van der Waals surface area contributed by atoms with Crippen LogP contribution < -0.4 is 0 Å². The summed E-state index contributed by atoms with van der Waals surface area (Å²) in [5.74, 6) is 1.31. The van der Waals surface area contributed by atoms with Gasteiger partial charge in [0.25, 0.3) is 0 Å². The highest BCUT2D eigenvalue weighted by Crippen LogP contribution is 2.34. The summed E-state index contributed by atoms with van der Waals surface area (Å²) in [7, 11) is 0. The van der Waals surface area contributed by atoms with Crippen LogP contribution in [0.4, 0.5) is 4.39 Å². The molecule has 186 valence electrons. The van der Waals surface area contributed by atoms with Crippen molar-refractivity contribution in [3.63, 3.8) is 0 Å². The molecule has 0 fully saturated rings. The minimum Gasteiger partial charge on any atom is -0.306 e. The highest BCUT2D eigenvalue weighted by atomic mass is 19.1. The van der Waals surface area contributed by atoms with E-state index in [1.54, 1.807) is 6.07 Å². The van der Waals surface area contributed by atoms with E-state index in [1.807, 2.05) is 102 Å². The maximum Gasteiger partial charge on any atom is 0.164 e. The van der Waals surface area contributed by atoms with Crippen molar-refractivity contribution in [3.05, 3.63) is 133 Å². The number of aryl methyl sites for hydroxylation is 1. The number of fused-ring (bicyclic) bond motifs is 3. The SMILES string of the molecule is Cc1cccc(-c2nc(-c3ccccc3)nc(-c3ccc(F)c(-n4c5ccccc5c5ccccc54)c3)n2)c1. The van der Waals surface area contributed by atoms with Gasteiger partial charge in [0.05, 0.1) is 16.7 Å². The van der Waals surface area contributed by atoms with Crippen LogP contribution in [-0.2, 0) is 0 Å². The molecule has 2 heterocycles. The molecule has 0 radical (unpaired) electrons. The topological polar surface area (TPSA) is 43.6 Å².